The molecule has 1 atom stereocenters. The minimum atomic E-state index is 0.233. The van der Waals surface area contributed by atoms with E-state index in [1.54, 1.807) is 0 Å². The van der Waals surface area contributed by atoms with Gasteiger partial charge < -0.3 is 9.80 Å². The van der Waals surface area contributed by atoms with Gasteiger partial charge in [0.15, 0.2) is 0 Å². The van der Waals surface area contributed by atoms with E-state index in [1.807, 2.05) is 6.92 Å². The minimum absolute atomic E-state index is 0.233. The molecule has 0 aromatic carbocycles. The number of hydrogen-bond donors (Lipinski definition) is 0. The van der Waals surface area contributed by atoms with Crippen molar-refractivity contribution in [3.8, 4) is 0 Å². The molecule has 3 heteroatoms. The van der Waals surface area contributed by atoms with Crippen LogP contribution in [0.4, 0.5) is 0 Å². The highest BCUT2D eigenvalue weighted by molar-refractivity contribution is 6.20. The molecule has 10 heavy (non-hydrogen) atoms. The number of alkyl halides is 1. The summed E-state index contributed by atoms with van der Waals surface area (Å²) in [6.07, 6.45) is 4.12. The Morgan fingerprint density at radius 3 is 2.70 bits per heavy atom. The average Bonchev–Trinajstić information content (AvgIpc) is 2.13. The summed E-state index contributed by atoms with van der Waals surface area (Å²) in [5, 5.41) is 0.233. The molecule has 0 aromatic heterocycles. The first-order chi connectivity index (χ1) is 4.68. The van der Waals surface area contributed by atoms with E-state index in [9.17, 15) is 0 Å². The Labute approximate surface area is 67.1 Å². The van der Waals surface area contributed by atoms with E-state index >= 15 is 0 Å². The molecular formula is C7H13ClN2. The van der Waals surface area contributed by atoms with Gasteiger partial charge >= 0.3 is 0 Å². The molecule has 2 nitrogen and oxygen atoms in total. The zero-order valence-electron chi connectivity index (χ0n) is 6.42. The van der Waals surface area contributed by atoms with Gasteiger partial charge in [-0.15, -0.1) is 11.6 Å². The van der Waals surface area contributed by atoms with Crippen LogP contribution >= 0.6 is 11.6 Å². The first-order valence-corrected chi connectivity index (χ1v) is 3.89. The van der Waals surface area contributed by atoms with Crippen molar-refractivity contribution in [1.82, 2.24) is 9.80 Å². The second-order valence-corrected chi connectivity index (χ2v) is 3.49. The Kier molecular flexibility index (Phi) is 2.44. The number of rotatable bonds is 2. The van der Waals surface area contributed by atoms with Crippen molar-refractivity contribution >= 4 is 11.6 Å². The molecule has 0 aromatic rings. The van der Waals surface area contributed by atoms with E-state index in [2.05, 4.69) is 29.2 Å². The smallest absolute Gasteiger partial charge is 0.0891 e. The van der Waals surface area contributed by atoms with E-state index in [0.29, 0.717) is 0 Å². The van der Waals surface area contributed by atoms with Gasteiger partial charge in [-0.2, -0.15) is 0 Å². The first-order valence-electron chi connectivity index (χ1n) is 3.45. The van der Waals surface area contributed by atoms with Gasteiger partial charge in [-0.3, -0.25) is 0 Å². The van der Waals surface area contributed by atoms with Crippen LogP contribution < -0.4 is 0 Å². The highest BCUT2D eigenvalue weighted by Gasteiger charge is 2.09. The summed E-state index contributed by atoms with van der Waals surface area (Å²) in [6, 6.07) is 0. The number of hydrogen-bond acceptors (Lipinski definition) is 2. The Morgan fingerprint density at radius 2 is 2.30 bits per heavy atom. The fourth-order valence-electron chi connectivity index (χ4n) is 1.03. The zero-order valence-corrected chi connectivity index (χ0v) is 7.17. The van der Waals surface area contributed by atoms with E-state index in [1.165, 1.54) is 0 Å². The van der Waals surface area contributed by atoms with Crippen LogP contribution in [0.25, 0.3) is 0 Å². The molecule has 0 amide bonds. The highest BCUT2D eigenvalue weighted by Crippen LogP contribution is 2.06. The predicted molar refractivity (Wildman–Crippen MR) is 43.8 cm³/mol. The van der Waals surface area contributed by atoms with Crippen molar-refractivity contribution < 1.29 is 0 Å². The van der Waals surface area contributed by atoms with Crippen molar-refractivity contribution in [3.63, 3.8) is 0 Å². The van der Waals surface area contributed by atoms with E-state index in [4.69, 9.17) is 11.6 Å². The summed E-state index contributed by atoms with van der Waals surface area (Å²) >= 11 is 5.81. The van der Waals surface area contributed by atoms with Crippen molar-refractivity contribution in [3.05, 3.63) is 12.4 Å². The molecule has 0 aliphatic carbocycles. The van der Waals surface area contributed by atoms with Crippen LogP contribution in [0.3, 0.4) is 0 Å². The molecule has 0 N–H and O–H groups in total. The summed E-state index contributed by atoms with van der Waals surface area (Å²) < 4.78 is 0. The van der Waals surface area contributed by atoms with Crippen LogP contribution in [0.2, 0.25) is 0 Å². The fraction of sp³-hybridized carbons (Fsp3) is 0.714. The topological polar surface area (TPSA) is 6.48 Å². The molecule has 0 spiro atoms. The second kappa shape index (κ2) is 3.15. The Morgan fingerprint density at radius 1 is 1.60 bits per heavy atom. The van der Waals surface area contributed by atoms with E-state index < -0.39 is 0 Å². The van der Waals surface area contributed by atoms with Crippen molar-refractivity contribution in [2.45, 2.75) is 12.3 Å². The summed E-state index contributed by atoms with van der Waals surface area (Å²) in [5.74, 6) is 0. The number of nitrogens with zero attached hydrogens (tertiary/aromatic N) is 2. The van der Waals surface area contributed by atoms with Crippen LogP contribution in [0.15, 0.2) is 12.4 Å². The molecule has 0 saturated heterocycles. The third kappa shape index (κ3) is 2.10. The monoisotopic (exact) mass is 160 g/mol. The maximum atomic E-state index is 5.81. The molecule has 1 unspecified atom stereocenters. The standard InChI is InChI=1S/C7H13ClN2/c1-7(8)5-10-4-3-9(2)6-10/h3-4,7H,5-6H2,1-2H3. The Bertz CT molecular complexity index is 134. The first kappa shape index (κ1) is 7.73. The molecule has 0 fully saturated rings. The lowest BCUT2D eigenvalue weighted by molar-refractivity contribution is 0.298. The molecule has 1 heterocycles. The van der Waals surface area contributed by atoms with Crippen LogP contribution in [0.5, 0.6) is 0 Å². The largest absolute Gasteiger partial charge is 0.362 e. The van der Waals surface area contributed by atoms with Gasteiger partial charge in [0.1, 0.15) is 0 Å². The van der Waals surface area contributed by atoms with Gasteiger partial charge in [0, 0.05) is 31.4 Å². The summed E-state index contributed by atoms with van der Waals surface area (Å²) in [4.78, 5) is 4.32. The maximum Gasteiger partial charge on any atom is 0.0891 e. The van der Waals surface area contributed by atoms with Crippen LogP contribution in [0, 0.1) is 0 Å². The fourth-order valence-corrected chi connectivity index (χ4v) is 1.21. The average molecular weight is 161 g/mol. The van der Waals surface area contributed by atoms with Crippen molar-refractivity contribution in [1.29, 1.82) is 0 Å². The third-order valence-electron chi connectivity index (χ3n) is 1.42. The van der Waals surface area contributed by atoms with Gasteiger partial charge in [0.2, 0.25) is 0 Å². The zero-order chi connectivity index (χ0) is 7.56. The quantitative estimate of drug-likeness (QED) is 0.562. The molecule has 1 aliphatic rings. The van der Waals surface area contributed by atoms with Crippen molar-refractivity contribution in [2.75, 3.05) is 20.3 Å². The Hall–Kier alpha value is -0.370. The van der Waals surface area contributed by atoms with Gasteiger partial charge in [0.05, 0.1) is 6.67 Å². The number of halogens is 1. The SMILES string of the molecule is CC(Cl)CN1C=CN(C)C1. The van der Waals surface area contributed by atoms with Gasteiger partial charge in [-0.05, 0) is 6.92 Å². The second-order valence-electron chi connectivity index (χ2n) is 2.75. The molecule has 1 aliphatic heterocycles. The van der Waals surface area contributed by atoms with Gasteiger partial charge in [0.25, 0.3) is 0 Å². The van der Waals surface area contributed by atoms with E-state index in [-0.39, 0.29) is 5.38 Å². The molecule has 0 bridgehead atoms. The summed E-state index contributed by atoms with van der Waals surface area (Å²) in [6.45, 7) is 3.91. The lowest BCUT2D eigenvalue weighted by atomic mass is 10.4. The van der Waals surface area contributed by atoms with Crippen LogP contribution in [-0.4, -0.2) is 35.4 Å². The van der Waals surface area contributed by atoms with Crippen molar-refractivity contribution in [2.24, 2.45) is 0 Å². The lowest BCUT2D eigenvalue weighted by Crippen LogP contribution is -2.26. The molecule has 0 radical (unpaired) electrons. The summed E-state index contributed by atoms with van der Waals surface area (Å²) in [5.41, 5.74) is 0. The molecule has 1 rings (SSSR count). The Balaban J connectivity index is 2.26. The maximum absolute atomic E-state index is 5.81. The van der Waals surface area contributed by atoms with Gasteiger partial charge in [-0.25, -0.2) is 0 Å². The van der Waals surface area contributed by atoms with Crippen LogP contribution in [0.1, 0.15) is 6.92 Å². The highest BCUT2D eigenvalue weighted by atomic mass is 35.5. The molecular weight excluding hydrogens is 148 g/mol. The predicted octanol–water partition coefficient (Wildman–Crippen LogP) is 1.29. The van der Waals surface area contributed by atoms with E-state index in [0.717, 1.165) is 13.2 Å². The third-order valence-corrected chi connectivity index (χ3v) is 1.56. The van der Waals surface area contributed by atoms with Crippen LogP contribution in [-0.2, 0) is 0 Å². The summed E-state index contributed by atoms with van der Waals surface area (Å²) in [7, 11) is 2.05. The molecule has 58 valence electrons. The minimum Gasteiger partial charge on any atom is -0.362 e. The molecule has 0 saturated carbocycles. The lowest BCUT2D eigenvalue weighted by Gasteiger charge is -2.18. The van der Waals surface area contributed by atoms with Gasteiger partial charge in [-0.1, -0.05) is 0 Å². The normalized spacial score (nSPS) is 20.3.